The predicted molar refractivity (Wildman–Crippen MR) is 76.4 cm³/mol. The van der Waals surface area contributed by atoms with E-state index in [-0.39, 0.29) is 5.69 Å². The molecule has 0 spiro atoms. The molecule has 0 unspecified atom stereocenters. The topological polar surface area (TPSA) is 41.1 Å². The van der Waals surface area contributed by atoms with Crippen molar-refractivity contribution in [2.75, 3.05) is 5.32 Å². The molecule has 6 heteroatoms. The molecule has 0 bridgehead atoms. The lowest BCUT2D eigenvalue weighted by molar-refractivity contribution is 0.251. The highest BCUT2D eigenvalue weighted by Crippen LogP contribution is 2.15. The van der Waals surface area contributed by atoms with Crippen molar-refractivity contribution in [3.63, 3.8) is 0 Å². The molecular formula is C14H11BrF2N2O. The van der Waals surface area contributed by atoms with Gasteiger partial charge in [0.25, 0.3) is 0 Å². The first kappa shape index (κ1) is 14.5. The molecule has 0 aliphatic carbocycles. The van der Waals surface area contributed by atoms with E-state index in [1.165, 1.54) is 6.07 Å². The standard InChI is InChI=1S/C14H11BrF2N2O/c15-10-3-1-2-9(6-10)8-18-14(20)19-13-5-4-11(16)7-12(13)17/h1-7H,8H2,(H2,18,19,20). The van der Waals surface area contributed by atoms with E-state index >= 15 is 0 Å². The Labute approximate surface area is 123 Å². The molecule has 0 aliphatic heterocycles. The summed E-state index contributed by atoms with van der Waals surface area (Å²) in [7, 11) is 0. The smallest absolute Gasteiger partial charge is 0.319 e. The van der Waals surface area contributed by atoms with E-state index in [9.17, 15) is 13.6 Å². The number of urea groups is 1. The molecule has 0 aliphatic rings. The zero-order valence-electron chi connectivity index (χ0n) is 10.3. The van der Waals surface area contributed by atoms with Gasteiger partial charge < -0.3 is 10.6 Å². The van der Waals surface area contributed by atoms with Crippen molar-refractivity contribution >= 4 is 27.6 Å². The summed E-state index contributed by atoms with van der Waals surface area (Å²) in [5.74, 6) is -1.51. The lowest BCUT2D eigenvalue weighted by Gasteiger charge is -2.08. The second kappa shape index (κ2) is 6.47. The summed E-state index contributed by atoms with van der Waals surface area (Å²) in [4.78, 5) is 11.6. The van der Waals surface area contributed by atoms with Crippen LogP contribution in [-0.2, 0) is 6.54 Å². The maximum Gasteiger partial charge on any atom is 0.319 e. The van der Waals surface area contributed by atoms with Crippen LogP contribution in [0.4, 0.5) is 19.3 Å². The molecule has 3 nitrogen and oxygen atoms in total. The van der Waals surface area contributed by atoms with E-state index in [4.69, 9.17) is 0 Å². The molecule has 0 fully saturated rings. The van der Waals surface area contributed by atoms with Gasteiger partial charge >= 0.3 is 6.03 Å². The quantitative estimate of drug-likeness (QED) is 0.869. The van der Waals surface area contributed by atoms with Crippen molar-refractivity contribution in [1.82, 2.24) is 5.32 Å². The molecule has 0 saturated carbocycles. The van der Waals surface area contributed by atoms with Crippen LogP contribution < -0.4 is 10.6 Å². The van der Waals surface area contributed by atoms with Crippen LogP contribution in [-0.4, -0.2) is 6.03 Å². The molecule has 20 heavy (non-hydrogen) atoms. The number of benzene rings is 2. The summed E-state index contributed by atoms with van der Waals surface area (Å²) in [5, 5.41) is 4.90. The fraction of sp³-hybridized carbons (Fsp3) is 0.0714. The van der Waals surface area contributed by atoms with Gasteiger partial charge in [0, 0.05) is 17.1 Å². The predicted octanol–water partition coefficient (Wildman–Crippen LogP) is 4.05. The summed E-state index contributed by atoms with van der Waals surface area (Å²) in [6.45, 7) is 0.300. The van der Waals surface area contributed by atoms with Gasteiger partial charge in [-0.1, -0.05) is 28.1 Å². The Morgan fingerprint density at radius 1 is 1.15 bits per heavy atom. The van der Waals surface area contributed by atoms with Crippen LogP contribution in [0.3, 0.4) is 0 Å². The maximum atomic E-state index is 13.3. The van der Waals surface area contributed by atoms with E-state index in [0.717, 1.165) is 16.1 Å². The Hall–Kier alpha value is -1.95. The van der Waals surface area contributed by atoms with Crippen molar-refractivity contribution < 1.29 is 13.6 Å². The number of hydrogen-bond donors (Lipinski definition) is 2. The third kappa shape index (κ3) is 4.03. The van der Waals surface area contributed by atoms with Gasteiger partial charge in [-0.25, -0.2) is 13.6 Å². The molecule has 2 aromatic carbocycles. The molecule has 2 N–H and O–H groups in total. The molecule has 2 rings (SSSR count). The largest absolute Gasteiger partial charge is 0.334 e. The minimum absolute atomic E-state index is 0.0712. The number of carbonyl (C=O) groups is 1. The minimum Gasteiger partial charge on any atom is -0.334 e. The molecular weight excluding hydrogens is 330 g/mol. The Kier molecular flexibility index (Phi) is 4.68. The first-order chi connectivity index (χ1) is 9.54. The average molecular weight is 341 g/mol. The number of halogens is 3. The van der Waals surface area contributed by atoms with E-state index in [1.807, 2.05) is 24.3 Å². The van der Waals surface area contributed by atoms with Crippen LogP contribution >= 0.6 is 15.9 Å². The molecule has 104 valence electrons. The van der Waals surface area contributed by atoms with Gasteiger partial charge in [-0.2, -0.15) is 0 Å². The fourth-order valence-electron chi connectivity index (χ4n) is 1.59. The number of rotatable bonds is 3. The third-order valence-corrected chi connectivity index (χ3v) is 3.01. The Balaban J connectivity index is 1.92. The monoisotopic (exact) mass is 340 g/mol. The molecule has 0 saturated heterocycles. The van der Waals surface area contributed by atoms with Crippen molar-refractivity contribution in [2.24, 2.45) is 0 Å². The van der Waals surface area contributed by atoms with E-state index in [1.54, 1.807) is 0 Å². The van der Waals surface area contributed by atoms with E-state index in [0.29, 0.717) is 12.6 Å². The van der Waals surface area contributed by atoms with Gasteiger partial charge in [0.1, 0.15) is 11.6 Å². The summed E-state index contributed by atoms with van der Waals surface area (Å²) >= 11 is 3.33. The van der Waals surface area contributed by atoms with Crippen LogP contribution in [0, 0.1) is 11.6 Å². The number of hydrogen-bond acceptors (Lipinski definition) is 1. The summed E-state index contributed by atoms with van der Waals surface area (Å²) in [6.07, 6.45) is 0. The fourth-order valence-corrected chi connectivity index (χ4v) is 2.03. The van der Waals surface area contributed by atoms with E-state index in [2.05, 4.69) is 26.6 Å². The van der Waals surface area contributed by atoms with Gasteiger partial charge in [0.05, 0.1) is 5.69 Å². The number of amides is 2. The number of anilines is 1. The van der Waals surface area contributed by atoms with Crippen LogP contribution in [0.2, 0.25) is 0 Å². The summed E-state index contributed by atoms with van der Waals surface area (Å²) in [6, 6.07) is 9.83. The van der Waals surface area contributed by atoms with Gasteiger partial charge in [-0.15, -0.1) is 0 Å². The van der Waals surface area contributed by atoms with Crippen molar-refractivity contribution in [2.45, 2.75) is 6.54 Å². The molecule has 0 radical (unpaired) electrons. The number of nitrogens with one attached hydrogen (secondary N) is 2. The molecule has 2 aromatic rings. The van der Waals surface area contributed by atoms with Gasteiger partial charge in [0.15, 0.2) is 0 Å². The van der Waals surface area contributed by atoms with Crippen LogP contribution in [0.5, 0.6) is 0 Å². The zero-order chi connectivity index (χ0) is 14.5. The lowest BCUT2D eigenvalue weighted by Crippen LogP contribution is -2.28. The molecule has 0 heterocycles. The third-order valence-electron chi connectivity index (χ3n) is 2.52. The van der Waals surface area contributed by atoms with Gasteiger partial charge in [0.2, 0.25) is 0 Å². The minimum atomic E-state index is -0.817. The zero-order valence-corrected chi connectivity index (χ0v) is 11.9. The first-order valence-corrected chi connectivity index (χ1v) is 6.58. The maximum absolute atomic E-state index is 13.3. The Morgan fingerprint density at radius 3 is 2.65 bits per heavy atom. The normalized spacial score (nSPS) is 10.2. The first-order valence-electron chi connectivity index (χ1n) is 5.79. The molecule has 0 atom stereocenters. The Bertz CT molecular complexity index is 634. The summed E-state index contributed by atoms with van der Waals surface area (Å²) in [5.41, 5.74) is 0.826. The highest BCUT2D eigenvalue weighted by atomic mass is 79.9. The van der Waals surface area contributed by atoms with Crippen LogP contribution in [0.15, 0.2) is 46.9 Å². The molecule has 0 aromatic heterocycles. The van der Waals surface area contributed by atoms with Crippen LogP contribution in [0.25, 0.3) is 0 Å². The highest BCUT2D eigenvalue weighted by Gasteiger charge is 2.07. The second-order valence-corrected chi connectivity index (χ2v) is 4.98. The Morgan fingerprint density at radius 2 is 1.95 bits per heavy atom. The van der Waals surface area contributed by atoms with Crippen molar-refractivity contribution in [1.29, 1.82) is 0 Å². The van der Waals surface area contributed by atoms with Crippen molar-refractivity contribution in [3.8, 4) is 0 Å². The van der Waals surface area contributed by atoms with Crippen molar-refractivity contribution in [3.05, 3.63) is 64.1 Å². The summed E-state index contributed by atoms with van der Waals surface area (Å²) < 4.78 is 27.0. The molecule has 2 amide bonds. The second-order valence-electron chi connectivity index (χ2n) is 4.06. The SMILES string of the molecule is O=C(NCc1cccc(Br)c1)Nc1ccc(F)cc1F. The number of carbonyl (C=O) groups excluding carboxylic acids is 1. The highest BCUT2D eigenvalue weighted by molar-refractivity contribution is 9.10. The van der Waals surface area contributed by atoms with Gasteiger partial charge in [-0.05, 0) is 29.8 Å². The van der Waals surface area contributed by atoms with E-state index < -0.39 is 17.7 Å². The average Bonchev–Trinajstić information content (AvgIpc) is 2.40. The van der Waals surface area contributed by atoms with Crippen LogP contribution in [0.1, 0.15) is 5.56 Å². The van der Waals surface area contributed by atoms with Gasteiger partial charge in [-0.3, -0.25) is 0 Å². The lowest BCUT2D eigenvalue weighted by atomic mass is 10.2.